The number of rotatable bonds is 4. The summed E-state index contributed by atoms with van der Waals surface area (Å²) >= 11 is 0. The van der Waals surface area contributed by atoms with Crippen molar-refractivity contribution in [3.8, 4) is 0 Å². The molecule has 0 aromatic carbocycles. The van der Waals surface area contributed by atoms with E-state index in [1.807, 2.05) is 21.6 Å². The molecule has 2 nitrogen and oxygen atoms in total. The first-order chi connectivity index (χ1) is 5.56. The van der Waals surface area contributed by atoms with Gasteiger partial charge in [0.1, 0.15) is 0 Å². The zero-order valence-electron chi connectivity index (χ0n) is 7.79. The fraction of sp³-hybridized carbons (Fsp3) is 0.625. The normalized spacial score (nSPS) is 8.25. The van der Waals surface area contributed by atoms with E-state index in [1.54, 1.807) is 0 Å². The van der Waals surface area contributed by atoms with E-state index in [-0.39, 0.29) is 5.57 Å². The maximum atomic E-state index is 9.60. The Hall–Kier alpha value is -0.0900. The monoisotopic (exact) mass is 208 g/mol. The third-order valence-corrected chi connectivity index (χ3v) is 3.24. The smallest absolute Gasteiger partial charge is 0.330 e. The van der Waals surface area contributed by atoms with Crippen molar-refractivity contribution >= 4 is 27.6 Å². The zero-order valence-corrected chi connectivity index (χ0v) is 9.43. The number of aliphatic carboxylic acids is 1. The van der Waals surface area contributed by atoms with Crippen LogP contribution in [0.25, 0.3) is 0 Å². The Morgan fingerprint density at radius 2 is 1.58 bits per heavy atom. The average Bonchev–Trinajstić information content (AvgIpc) is 2.02. The molecular formula is C8H16O2S2. The second kappa shape index (κ2) is 10.9. The van der Waals surface area contributed by atoms with Gasteiger partial charge in [-0.3, -0.25) is 0 Å². The molecule has 0 saturated carbocycles. The van der Waals surface area contributed by atoms with Crippen LogP contribution in [0.5, 0.6) is 0 Å². The molecule has 4 heteroatoms. The summed E-state index contributed by atoms with van der Waals surface area (Å²) in [6, 6.07) is 0. The molecule has 0 saturated heterocycles. The first-order valence-corrected chi connectivity index (χ1v) is 6.18. The highest BCUT2D eigenvalue weighted by molar-refractivity contribution is 8.76. The lowest BCUT2D eigenvalue weighted by Gasteiger charge is -1.86. The second-order valence-corrected chi connectivity index (χ2v) is 4.94. The van der Waals surface area contributed by atoms with Crippen LogP contribution in [0.2, 0.25) is 0 Å². The quantitative estimate of drug-likeness (QED) is 0.438. The van der Waals surface area contributed by atoms with Crippen LogP contribution in [0.1, 0.15) is 20.8 Å². The van der Waals surface area contributed by atoms with Crippen LogP contribution in [0.15, 0.2) is 12.2 Å². The van der Waals surface area contributed by atoms with Crippen molar-refractivity contribution < 1.29 is 9.90 Å². The summed E-state index contributed by atoms with van der Waals surface area (Å²) in [4.78, 5) is 9.60. The van der Waals surface area contributed by atoms with Crippen molar-refractivity contribution in [2.24, 2.45) is 0 Å². The predicted molar refractivity (Wildman–Crippen MR) is 58.7 cm³/mol. The molecule has 0 bridgehead atoms. The van der Waals surface area contributed by atoms with Gasteiger partial charge in [-0.25, -0.2) is 4.79 Å². The Kier molecular flexibility index (Phi) is 13.1. The number of hydrogen-bond acceptors (Lipinski definition) is 3. The molecular weight excluding hydrogens is 192 g/mol. The van der Waals surface area contributed by atoms with E-state index in [1.165, 1.54) is 18.4 Å². The van der Waals surface area contributed by atoms with Crippen molar-refractivity contribution in [3.63, 3.8) is 0 Å². The topological polar surface area (TPSA) is 37.3 Å². The van der Waals surface area contributed by atoms with Gasteiger partial charge in [0.05, 0.1) is 0 Å². The highest BCUT2D eigenvalue weighted by Crippen LogP contribution is 2.18. The Balaban J connectivity index is 0. The molecule has 72 valence electrons. The molecule has 0 amide bonds. The van der Waals surface area contributed by atoms with Crippen molar-refractivity contribution in [3.05, 3.63) is 12.2 Å². The molecule has 0 fully saturated rings. The minimum absolute atomic E-state index is 0.176. The van der Waals surface area contributed by atoms with Crippen LogP contribution < -0.4 is 0 Å². The summed E-state index contributed by atoms with van der Waals surface area (Å²) < 4.78 is 0. The zero-order chi connectivity index (χ0) is 9.98. The van der Waals surface area contributed by atoms with Crippen molar-refractivity contribution in [1.82, 2.24) is 0 Å². The summed E-state index contributed by atoms with van der Waals surface area (Å²) in [5, 5.41) is 7.89. The largest absolute Gasteiger partial charge is 0.478 e. The van der Waals surface area contributed by atoms with E-state index in [0.717, 1.165) is 0 Å². The van der Waals surface area contributed by atoms with Gasteiger partial charge in [-0.1, -0.05) is 42.0 Å². The molecule has 0 heterocycles. The SMILES string of the molecule is C=C(C)C(=O)O.CCSSCC. The van der Waals surface area contributed by atoms with Gasteiger partial charge >= 0.3 is 5.97 Å². The average molecular weight is 208 g/mol. The maximum absolute atomic E-state index is 9.60. The molecule has 0 aliphatic rings. The predicted octanol–water partition coefficient (Wildman–Crippen LogP) is 3.05. The lowest BCUT2D eigenvalue weighted by Crippen LogP contribution is -1.92. The van der Waals surface area contributed by atoms with Gasteiger partial charge in [0, 0.05) is 17.1 Å². The van der Waals surface area contributed by atoms with Crippen LogP contribution in [0.3, 0.4) is 0 Å². The molecule has 0 atom stereocenters. The van der Waals surface area contributed by atoms with E-state index >= 15 is 0 Å². The third-order valence-electron chi connectivity index (χ3n) is 0.684. The second-order valence-electron chi connectivity index (χ2n) is 1.90. The molecule has 1 N–H and O–H groups in total. The van der Waals surface area contributed by atoms with Gasteiger partial charge in [-0.15, -0.1) is 0 Å². The van der Waals surface area contributed by atoms with Gasteiger partial charge in [0.2, 0.25) is 0 Å². The lowest BCUT2D eigenvalue weighted by atomic mass is 10.4. The molecule has 12 heavy (non-hydrogen) atoms. The molecule has 0 aliphatic carbocycles. The molecule has 0 unspecified atom stereocenters. The van der Waals surface area contributed by atoms with Crippen LogP contribution in [0.4, 0.5) is 0 Å². The molecule has 0 aliphatic heterocycles. The fourth-order valence-corrected chi connectivity index (χ4v) is 1.50. The third kappa shape index (κ3) is 16.5. The molecule has 0 radical (unpaired) electrons. The van der Waals surface area contributed by atoms with Gasteiger partial charge in [0.25, 0.3) is 0 Å². The first kappa shape index (κ1) is 14.4. The van der Waals surface area contributed by atoms with Crippen molar-refractivity contribution in [2.45, 2.75) is 20.8 Å². The molecule has 0 rings (SSSR count). The Morgan fingerprint density at radius 3 is 1.67 bits per heavy atom. The number of hydrogen-bond donors (Lipinski definition) is 1. The van der Waals surface area contributed by atoms with Gasteiger partial charge < -0.3 is 5.11 Å². The number of carboxylic acids is 1. The summed E-state index contributed by atoms with van der Waals surface area (Å²) in [5.41, 5.74) is 0.176. The standard InChI is InChI=1S/C4H6O2.C4H10S2/c1-3(2)4(5)6;1-3-5-6-4-2/h1H2,2H3,(H,5,6);3-4H2,1-2H3. The van der Waals surface area contributed by atoms with Crippen molar-refractivity contribution in [1.29, 1.82) is 0 Å². The summed E-state index contributed by atoms with van der Waals surface area (Å²) in [7, 11) is 3.85. The maximum Gasteiger partial charge on any atom is 0.330 e. The van der Waals surface area contributed by atoms with E-state index in [9.17, 15) is 4.79 Å². The highest BCUT2D eigenvalue weighted by Gasteiger charge is 1.90. The molecule has 0 spiro atoms. The fourth-order valence-electron chi connectivity index (χ4n) is 0.167. The summed E-state index contributed by atoms with van der Waals surface area (Å²) in [6.07, 6.45) is 0. The Labute approximate surface area is 82.2 Å². The van der Waals surface area contributed by atoms with Crippen LogP contribution >= 0.6 is 21.6 Å². The van der Waals surface area contributed by atoms with Crippen LogP contribution in [-0.4, -0.2) is 22.6 Å². The Morgan fingerprint density at radius 1 is 1.33 bits per heavy atom. The molecule has 0 aromatic rings. The van der Waals surface area contributed by atoms with Crippen LogP contribution in [0, 0.1) is 0 Å². The minimum Gasteiger partial charge on any atom is -0.478 e. The summed E-state index contributed by atoms with van der Waals surface area (Å²) in [5.74, 6) is 1.53. The first-order valence-electron chi connectivity index (χ1n) is 3.69. The van der Waals surface area contributed by atoms with Crippen molar-refractivity contribution in [2.75, 3.05) is 11.5 Å². The van der Waals surface area contributed by atoms with E-state index in [2.05, 4.69) is 20.4 Å². The van der Waals surface area contributed by atoms with Gasteiger partial charge in [-0.2, -0.15) is 0 Å². The lowest BCUT2D eigenvalue weighted by molar-refractivity contribution is -0.132. The van der Waals surface area contributed by atoms with Gasteiger partial charge in [-0.05, 0) is 6.92 Å². The molecule has 0 aromatic heterocycles. The highest BCUT2D eigenvalue weighted by atomic mass is 33.1. The number of carbonyl (C=O) groups is 1. The minimum atomic E-state index is -0.935. The number of carboxylic acid groups (broad SMARTS) is 1. The Bertz CT molecular complexity index is 119. The van der Waals surface area contributed by atoms with Gasteiger partial charge in [0.15, 0.2) is 0 Å². The van der Waals surface area contributed by atoms with Crippen LogP contribution in [-0.2, 0) is 4.79 Å². The summed E-state index contributed by atoms with van der Waals surface area (Å²) in [6.45, 7) is 8.95. The van der Waals surface area contributed by atoms with E-state index in [0.29, 0.717) is 0 Å². The van der Waals surface area contributed by atoms with E-state index < -0.39 is 5.97 Å². The van der Waals surface area contributed by atoms with E-state index in [4.69, 9.17) is 5.11 Å².